The molecule has 4 heteroatoms. The zero-order chi connectivity index (χ0) is 16.8. The second-order valence-electron chi connectivity index (χ2n) is 5.52. The molecule has 0 aliphatic carbocycles. The maximum absolute atomic E-state index is 14.0. The topological polar surface area (TPSA) is 33.5 Å². The average molecular weight is 323 g/mol. The lowest BCUT2D eigenvalue weighted by molar-refractivity contribution is 0.0728. The summed E-state index contributed by atoms with van der Waals surface area (Å²) >= 11 is 0. The third kappa shape index (κ3) is 3.90. The zero-order valence-electron chi connectivity index (χ0n) is 13.2. The Hall–Kier alpha value is -2.88. The third-order valence-corrected chi connectivity index (χ3v) is 3.83. The van der Waals surface area contributed by atoms with Gasteiger partial charge in [-0.25, -0.2) is 4.39 Å². The van der Waals surface area contributed by atoms with Gasteiger partial charge in [0, 0.05) is 6.54 Å². The predicted molar refractivity (Wildman–Crippen MR) is 90.0 cm³/mol. The number of carbonyl (C=O) groups is 1. The summed E-state index contributed by atoms with van der Waals surface area (Å²) in [4.78, 5) is 14.4. The van der Waals surface area contributed by atoms with Crippen LogP contribution >= 0.6 is 0 Å². The number of halogens is 1. The second kappa shape index (κ2) is 7.59. The minimum Gasteiger partial charge on any atom is -0.467 e. The van der Waals surface area contributed by atoms with Crippen LogP contribution < -0.4 is 0 Å². The Bertz CT molecular complexity index is 784. The molecule has 0 radical (unpaired) electrons. The first kappa shape index (κ1) is 16.0. The number of furan rings is 1. The van der Waals surface area contributed by atoms with Crippen molar-refractivity contribution in [3.8, 4) is 0 Å². The molecule has 3 nitrogen and oxygen atoms in total. The summed E-state index contributed by atoms with van der Waals surface area (Å²) < 4.78 is 19.3. The van der Waals surface area contributed by atoms with E-state index in [0.717, 1.165) is 5.56 Å². The van der Waals surface area contributed by atoms with Gasteiger partial charge in [0.05, 0.1) is 18.4 Å². The van der Waals surface area contributed by atoms with Crippen LogP contribution in [0.2, 0.25) is 0 Å². The van der Waals surface area contributed by atoms with Crippen LogP contribution in [0.4, 0.5) is 4.39 Å². The predicted octanol–water partition coefficient (Wildman–Crippen LogP) is 4.30. The Morgan fingerprint density at radius 2 is 1.71 bits per heavy atom. The second-order valence-corrected chi connectivity index (χ2v) is 5.52. The van der Waals surface area contributed by atoms with E-state index in [1.807, 2.05) is 36.4 Å². The van der Waals surface area contributed by atoms with Crippen molar-refractivity contribution in [1.82, 2.24) is 4.90 Å². The van der Waals surface area contributed by atoms with Gasteiger partial charge in [-0.15, -0.1) is 0 Å². The molecule has 0 bridgehead atoms. The number of amides is 1. The van der Waals surface area contributed by atoms with E-state index in [1.165, 1.54) is 12.1 Å². The van der Waals surface area contributed by atoms with Crippen molar-refractivity contribution in [2.45, 2.75) is 13.0 Å². The fourth-order valence-corrected chi connectivity index (χ4v) is 2.56. The zero-order valence-corrected chi connectivity index (χ0v) is 13.2. The number of benzene rings is 2. The molecule has 0 fully saturated rings. The van der Waals surface area contributed by atoms with E-state index in [0.29, 0.717) is 25.3 Å². The van der Waals surface area contributed by atoms with Crippen LogP contribution in [0.15, 0.2) is 77.4 Å². The van der Waals surface area contributed by atoms with E-state index in [-0.39, 0.29) is 11.5 Å². The van der Waals surface area contributed by atoms with Crippen LogP contribution in [0.25, 0.3) is 0 Å². The Labute approximate surface area is 140 Å². The van der Waals surface area contributed by atoms with Crippen LogP contribution in [0.3, 0.4) is 0 Å². The fourth-order valence-electron chi connectivity index (χ4n) is 2.56. The molecule has 0 unspecified atom stereocenters. The van der Waals surface area contributed by atoms with Gasteiger partial charge in [-0.05, 0) is 36.2 Å². The molecule has 1 aromatic heterocycles. The highest BCUT2D eigenvalue weighted by Crippen LogP contribution is 2.14. The summed E-state index contributed by atoms with van der Waals surface area (Å²) in [5.74, 6) is -0.167. The third-order valence-electron chi connectivity index (χ3n) is 3.83. The standard InChI is InChI=1S/C20H18FNO2/c21-19-11-5-4-10-18(19)20(23)22(15-17-9-6-14-24-17)13-12-16-7-2-1-3-8-16/h1-11,14H,12-13,15H2. The van der Waals surface area contributed by atoms with Crippen molar-refractivity contribution in [1.29, 1.82) is 0 Å². The number of nitrogens with zero attached hydrogens (tertiary/aromatic N) is 1. The molecule has 1 heterocycles. The molecule has 0 atom stereocenters. The van der Waals surface area contributed by atoms with Crippen molar-refractivity contribution in [3.05, 3.63) is 95.7 Å². The smallest absolute Gasteiger partial charge is 0.257 e. The van der Waals surface area contributed by atoms with Gasteiger partial charge >= 0.3 is 0 Å². The lowest BCUT2D eigenvalue weighted by Gasteiger charge is -2.22. The normalized spacial score (nSPS) is 10.5. The van der Waals surface area contributed by atoms with E-state index in [9.17, 15) is 9.18 Å². The number of carbonyl (C=O) groups excluding carboxylic acids is 1. The molecule has 0 aliphatic rings. The first-order valence-electron chi connectivity index (χ1n) is 7.84. The first-order chi connectivity index (χ1) is 11.7. The van der Waals surface area contributed by atoms with Gasteiger partial charge in [0.15, 0.2) is 0 Å². The molecule has 0 saturated heterocycles. The molecular weight excluding hydrogens is 305 g/mol. The maximum Gasteiger partial charge on any atom is 0.257 e. The van der Waals surface area contributed by atoms with Gasteiger partial charge in [-0.3, -0.25) is 4.79 Å². The summed E-state index contributed by atoms with van der Waals surface area (Å²) in [5.41, 5.74) is 1.21. The minimum atomic E-state index is -0.508. The largest absolute Gasteiger partial charge is 0.467 e. The molecule has 2 aromatic carbocycles. The van der Waals surface area contributed by atoms with Crippen LogP contribution in [0, 0.1) is 5.82 Å². The molecule has 0 N–H and O–H groups in total. The molecule has 24 heavy (non-hydrogen) atoms. The Kier molecular flexibility index (Phi) is 5.06. The number of rotatable bonds is 6. The molecule has 122 valence electrons. The average Bonchev–Trinajstić information content (AvgIpc) is 3.12. The van der Waals surface area contributed by atoms with Crippen molar-refractivity contribution >= 4 is 5.91 Å². The lowest BCUT2D eigenvalue weighted by atomic mass is 10.1. The summed E-state index contributed by atoms with van der Waals surface area (Å²) in [5, 5.41) is 0. The van der Waals surface area contributed by atoms with E-state index < -0.39 is 5.82 Å². The van der Waals surface area contributed by atoms with E-state index in [4.69, 9.17) is 4.42 Å². The minimum absolute atomic E-state index is 0.0807. The van der Waals surface area contributed by atoms with E-state index in [2.05, 4.69) is 0 Å². The highest BCUT2D eigenvalue weighted by molar-refractivity contribution is 5.94. The monoisotopic (exact) mass is 323 g/mol. The lowest BCUT2D eigenvalue weighted by Crippen LogP contribution is -2.33. The Balaban J connectivity index is 1.79. The summed E-state index contributed by atoms with van der Waals surface area (Å²) in [6.07, 6.45) is 2.26. The van der Waals surface area contributed by atoms with Crippen molar-refractivity contribution in [2.75, 3.05) is 6.54 Å². The highest BCUT2D eigenvalue weighted by atomic mass is 19.1. The Morgan fingerprint density at radius 3 is 2.42 bits per heavy atom. The van der Waals surface area contributed by atoms with Crippen molar-refractivity contribution < 1.29 is 13.6 Å². The van der Waals surface area contributed by atoms with E-state index in [1.54, 1.807) is 29.4 Å². The maximum atomic E-state index is 14.0. The fraction of sp³-hybridized carbons (Fsp3) is 0.150. The summed E-state index contributed by atoms with van der Waals surface area (Å²) in [6.45, 7) is 0.797. The molecule has 0 aliphatic heterocycles. The molecule has 1 amide bonds. The van der Waals surface area contributed by atoms with Gasteiger partial charge in [-0.2, -0.15) is 0 Å². The van der Waals surface area contributed by atoms with Gasteiger partial charge in [0.2, 0.25) is 0 Å². The van der Waals surface area contributed by atoms with Crippen molar-refractivity contribution in [2.24, 2.45) is 0 Å². The first-order valence-corrected chi connectivity index (χ1v) is 7.84. The van der Waals surface area contributed by atoms with Crippen LogP contribution in [-0.4, -0.2) is 17.4 Å². The van der Waals surface area contributed by atoms with Crippen molar-refractivity contribution in [3.63, 3.8) is 0 Å². The summed E-state index contributed by atoms with van der Waals surface area (Å²) in [7, 11) is 0. The van der Waals surface area contributed by atoms with Gasteiger partial charge < -0.3 is 9.32 Å². The number of hydrogen-bond donors (Lipinski definition) is 0. The van der Waals surface area contributed by atoms with Crippen LogP contribution in [0.5, 0.6) is 0 Å². The van der Waals surface area contributed by atoms with Crippen LogP contribution in [0.1, 0.15) is 21.7 Å². The SMILES string of the molecule is O=C(c1ccccc1F)N(CCc1ccccc1)Cc1ccco1. The molecule has 0 saturated carbocycles. The highest BCUT2D eigenvalue weighted by Gasteiger charge is 2.20. The van der Waals surface area contributed by atoms with Gasteiger partial charge in [-0.1, -0.05) is 42.5 Å². The van der Waals surface area contributed by atoms with Gasteiger partial charge in [0.25, 0.3) is 5.91 Å². The molecule has 3 rings (SSSR count). The molecule has 0 spiro atoms. The number of hydrogen-bond acceptors (Lipinski definition) is 2. The Morgan fingerprint density at radius 1 is 0.958 bits per heavy atom. The van der Waals surface area contributed by atoms with E-state index >= 15 is 0 Å². The quantitative estimate of drug-likeness (QED) is 0.677. The summed E-state index contributed by atoms with van der Waals surface area (Å²) in [6, 6.07) is 19.5. The van der Waals surface area contributed by atoms with Gasteiger partial charge in [0.1, 0.15) is 11.6 Å². The molecular formula is C20H18FNO2. The van der Waals surface area contributed by atoms with Crippen LogP contribution in [-0.2, 0) is 13.0 Å². The molecule has 3 aromatic rings.